The summed E-state index contributed by atoms with van der Waals surface area (Å²) < 4.78 is 6.00. The molecule has 15 heavy (non-hydrogen) atoms. The first-order valence-electron chi connectivity index (χ1n) is 3.55. The molecule has 2 rings (SSSR count). The normalized spacial score (nSPS) is 10.2. The van der Waals surface area contributed by atoms with Gasteiger partial charge in [0.25, 0.3) is 0 Å². The molecule has 0 bridgehead atoms. The third kappa shape index (κ3) is 3.52. The van der Waals surface area contributed by atoms with Crippen molar-refractivity contribution in [2.24, 2.45) is 0 Å². The molecule has 74 valence electrons. The summed E-state index contributed by atoms with van der Waals surface area (Å²) >= 11 is 7.36. The van der Waals surface area contributed by atoms with Crippen LogP contribution in [-0.4, -0.2) is 4.98 Å². The zero-order valence-corrected chi connectivity index (χ0v) is 12.1. The van der Waals surface area contributed by atoms with Gasteiger partial charge in [0.15, 0.2) is 3.95 Å². The van der Waals surface area contributed by atoms with Gasteiger partial charge in [0, 0.05) is 4.90 Å². The van der Waals surface area contributed by atoms with Crippen molar-refractivity contribution in [2.75, 3.05) is 0 Å². The van der Waals surface area contributed by atoms with Gasteiger partial charge in [-0.15, -0.1) is 11.3 Å². The molecule has 0 aliphatic heterocycles. The standard InChI is InChI=1S/C7H5NO3S3.Na/c9-10-11-14-4-1-2-6-5(3-4)8-7(12)13-6;/h1-3,9H,(H,8,12);/q;+1/p-1. The quantitative estimate of drug-likeness (QED) is 0.260. The maximum atomic E-state index is 9.61. The summed E-state index contributed by atoms with van der Waals surface area (Å²) in [6.45, 7) is 0. The van der Waals surface area contributed by atoms with E-state index in [1.807, 2.05) is 18.2 Å². The number of thiazole rings is 1. The monoisotopic (exact) mass is 269 g/mol. The van der Waals surface area contributed by atoms with E-state index in [0.717, 1.165) is 31.1 Å². The van der Waals surface area contributed by atoms with Crippen molar-refractivity contribution >= 4 is 45.8 Å². The third-order valence-corrected chi connectivity index (χ3v) is 3.33. The van der Waals surface area contributed by atoms with Crippen molar-refractivity contribution < 1.29 is 44.2 Å². The van der Waals surface area contributed by atoms with E-state index in [0.29, 0.717) is 0 Å². The molecule has 0 saturated carbocycles. The second-order valence-corrected chi connectivity index (χ2v) is 4.88. The Morgan fingerprint density at radius 1 is 1.47 bits per heavy atom. The molecule has 1 aromatic carbocycles. The van der Waals surface area contributed by atoms with Gasteiger partial charge in [-0.3, -0.25) is 5.04 Å². The van der Waals surface area contributed by atoms with E-state index in [1.165, 1.54) is 11.3 Å². The number of fused-ring (bicyclic) bond motifs is 1. The molecular weight excluding hydrogens is 265 g/mol. The van der Waals surface area contributed by atoms with E-state index in [9.17, 15) is 5.26 Å². The molecule has 0 fully saturated rings. The number of H-pyrrole nitrogens is 1. The number of aromatic amines is 1. The molecular formula is C7H4NNaO3S3. The first kappa shape index (κ1) is 13.6. The van der Waals surface area contributed by atoms with Gasteiger partial charge in [0.2, 0.25) is 0 Å². The Hall–Kier alpha value is 0.560. The fourth-order valence-electron chi connectivity index (χ4n) is 1.04. The van der Waals surface area contributed by atoms with Crippen LogP contribution < -0.4 is 34.8 Å². The smallest absolute Gasteiger partial charge is 0.691 e. The minimum atomic E-state index is 0. The third-order valence-electron chi connectivity index (χ3n) is 1.55. The molecule has 0 atom stereocenters. The maximum absolute atomic E-state index is 9.61. The molecule has 1 N–H and O–H groups in total. The van der Waals surface area contributed by atoms with Crippen LogP contribution in [0.5, 0.6) is 0 Å². The van der Waals surface area contributed by atoms with Gasteiger partial charge >= 0.3 is 29.6 Å². The largest absolute Gasteiger partial charge is 1.00 e. The summed E-state index contributed by atoms with van der Waals surface area (Å²) in [6, 6.07) is 5.57. The number of benzene rings is 1. The molecule has 0 unspecified atom stereocenters. The SMILES string of the molecule is [Na+].[O-]OOSc1ccc2sc(=S)[nH]c2c1. The Morgan fingerprint density at radius 3 is 3.00 bits per heavy atom. The minimum absolute atomic E-state index is 0. The van der Waals surface area contributed by atoms with Crippen LogP contribution in [0, 0.1) is 3.95 Å². The van der Waals surface area contributed by atoms with E-state index >= 15 is 0 Å². The average molecular weight is 269 g/mol. The van der Waals surface area contributed by atoms with Crippen LogP contribution >= 0.6 is 35.6 Å². The summed E-state index contributed by atoms with van der Waals surface area (Å²) in [6.07, 6.45) is 0. The van der Waals surface area contributed by atoms with Gasteiger partial charge in [-0.1, -0.05) is 0 Å². The van der Waals surface area contributed by atoms with Crippen molar-refractivity contribution in [2.45, 2.75) is 4.90 Å². The first-order chi connectivity index (χ1) is 6.79. The van der Waals surface area contributed by atoms with Gasteiger partial charge in [0.1, 0.15) is 0 Å². The van der Waals surface area contributed by atoms with Crippen LogP contribution in [0.4, 0.5) is 0 Å². The average Bonchev–Trinajstić information content (AvgIpc) is 2.54. The minimum Gasteiger partial charge on any atom is -0.691 e. The number of nitrogens with one attached hydrogen (secondary N) is 1. The van der Waals surface area contributed by atoms with Crippen LogP contribution in [0.3, 0.4) is 0 Å². The van der Waals surface area contributed by atoms with Gasteiger partial charge in [-0.05, 0) is 30.4 Å². The van der Waals surface area contributed by atoms with Crippen LogP contribution in [0.15, 0.2) is 23.1 Å². The molecule has 0 aliphatic carbocycles. The molecule has 0 aliphatic rings. The van der Waals surface area contributed by atoms with Crippen molar-refractivity contribution in [3.63, 3.8) is 0 Å². The van der Waals surface area contributed by atoms with E-state index in [4.69, 9.17) is 12.2 Å². The molecule has 0 amide bonds. The Bertz CT molecular complexity index is 497. The fourth-order valence-corrected chi connectivity index (χ4v) is 2.53. The second kappa shape index (κ2) is 6.33. The maximum Gasteiger partial charge on any atom is 1.00 e. The van der Waals surface area contributed by atoms with Crippen molar-refractivity contribution in [3.8, 4) is 0 Å². The first-order valence-corrected chi connectivity index (χ1v) is 5.52. The Labute approximate surface area is 121 Å². The zero-order valence-electron chi connectivity index (χ0n) is 7.68. The second-order valence-electron chi connectivity index (χ2n) is 2.39. The molecule has 4 nitrogen and oxygen atoms in total. The van der Waals surface area contributed by atoms with Crippen molar-refractivity contribution in [1.29, 1.82) is 0 Å². The summed E-state index contributed by atoms with van der Waals surface area (Å²) in [5.41, 5.74) is 0.930. The Morgan fingerprint density at radius 2 is 2.27 bits per heavy atom. The number of aromatic nitrogens is 1. The van der Waals surface area contributed by atoms with Crippen LogP contribution in [0.1, 0.15) is 0 Å². The molecule has 0 saturated heterocycles. The summed E-state index contributed by atoms with van der Waals surface area (Å²) in [4.78, 5) is 3.80. The predicted octanol–water partition coefficient (Wildman–Crippen LogP) is -0.807. The molecule has 1 aromatic heterocycles. The molecule has 0 spiro atoms. The summed E-state index contributed by atoms with van der Waals surface area (Å²) in [5, 5.41) is 12.9. The Kier molecular flexibility index (Phi) is 5.75. The zero-order chi connectivity index (χ0) is 9.97. The van der Waals surface area contributed by atoms with Gasteiger partial charge in [-0.2, -0.15) is 4.33 Å². The van der Waals surface area contributed by atoms with E-state index in [2.05, 4.69) is 14.4 Å². The van der Waals surface area contributed by atoms with Crippen LogP contribution in [-0.2, 0) is 9.37 Å². The molecule has 1 heterocycles. The fraction of sp³-hybridized carbons (Fsp3) is 0. The summed E-state index contributed by atoms with van der Waals surface area (Å²) in [7, 11) is 0. The van der Waals surface area contributed by atoms with Gasteiger partial charge < -0.3 is 10.2 Å². The molecule has 0 radical (unpaired) electrons. The van der Waals surface area contributed by atoms with Crippen molar-refractivity contribution in [1.82, 2.24) is 4.98 Å². The van der Waals surface area contributed by atoms with Crippen LogP contribution in [0.2, 0.25) is 0 Å². The van der Waals surface area contributed by atoms with Gasteiger partial charge in [-0.25, -0.2) is 0 Å². The molecule has 2 aromatic rings. The van der Waals surface area contributed by atoms with E-state index < -0.39 is 0 Å². The Balaban J connectivity index is 0.00000112. The van der Waals surface area contributed by atoms with Crippen LogP contribution in [0.25, 0.3) is 10.2 Å². The number of hydrogen-bond acceptors (Lipinski definition) is 6. The number of hydrogen-bond donors (Lipinski definition) is 1. The summed E-state index contributed by atoms with van der Waals surface area (Å²) in [5.74, 6) is 0. The van der Waals surface area contributed by atoms with Crippen molar-refractivity contribution in [3.05, 3.63) is 22.2 Å². The molecule has 8 heteroatoms. The topological polar surface area (TPSA) is 57.3 Å². The number of rotatable bonds is 3. The van der Waals surface area contributed by atoms with E-state index in [1.54, 1.807) is 0 Å². The van der Waals surface area contributed by atoms with E-state index in [-0.39, 0.29) is 29.6 Å². The predicted molar refractivity (Wildman–Crippen MR) is 55.0 cm³/mol. The van der Waals surface area contributed by atoms with Gasteiger partial charge in [0.05, 0.1) is 22.3 Å².